The quantitative estimate of drug-likeness (QED) is 0.547. The monoisotopic (exact) mass is 348 g/mol. The molecule has 0 aromatic heterocycles. The van der Waals surface area contributed by atoms with Gasteiger partial charge in [0.05, 0.1) is 0 Å². The largest absolute Gasteiger partial charge is 0.412 e. The molecule has 2 N–H and O–H groups in total. The van der Waals surface area contributed by atoms with E-state index in [2.05, 4.69) is 27.7 Å². The van der Waals surface area contributed by atoms with Gasteiger partial charge in [0.1, 0.15) is 0 Å². The zero-order valence-corrected chi connectivity index (χ0v) is 17.4. The van der Waals surface area contributed by atoms with Crippen molar-refractivity contribution in [3.63, 3.8) is 0 Å². The van der Waals surface area contributed by atoms with Crippen LogP contribution in [-0.2, 0) is 0 Å². The van der Waals surface area contributed by atoms with Crippen molar-refractivity contribution in [1.29, 1.82) is 0 Å². The molecule has 1 heteroatoms. The highest BCUT2D eigenvalue weighted by molar-refractivity contribution is 5.09. The highest BCUT2D eigenvalue weighted by Gasteiger charge is 2.59. The maximum Gasteiger partial charge on any atom is -0.0264 e. The van der Waals surface area contributed by atoms with Gasteiger partial charge < -0.3 is 5.48 Å². The summed E-state index contributed by atoms with van der Waals surface area (Å²) in [6.07, 6.45) is 18.4. The summed E-state index contributed by atoms with van der Waals surface area (Å²) in [5, 5.41) is 0. The molecule has 146 valence electrons. The second-order valence-electron chi connectivity index (χ2n) is 10.9. The molecule has 4 aliphatic rings. The van der Waals surface area contributed by atoms with Crippen molar-refractivity contribution in [2.45, 2.75) is 105 Å². The molecule has 8 atom stereocenters. The van der Waals surface area contributed by atoms with E-state index in [4.69, 9.17) is 0 Å². The Kier molecular flexibility index (Phi) is 5.66. The van der Waals surface area contributed by atoms with E-state index in [1.807, 2.05) is 0 Å². The Balaban J connectivity index is 0.00000182. The first-order chi connectivity index (χ1) is 11.5. The number of fused-ring (bicyclic) bond motifs is 5. The topological polar surface area (TPSA) is 31.5 Å². The van der Waals surface area contributed by atoms with Crippen LogP contribution in [0.5, 0.6) is 0 Å². The van der Waals surface area contributed by atoms with E-state index < -0.39 is 0 Å². The van der Waals surface area contributed by atoms with E-state index in [0.717, 1.165) is 40.9 Å². The van der Waals surface area contributed by atoms with Crippen molar-refractivity contribution in [1.82, 2.24) is 0 Å². The van der Waals surface area contributed by atoms with Crippen molar-refractivity contribution in [3.8, 4) is 0 Å². The molecule has 0 radical (unpaired) electrons. The lowest BCUT2D eigenvalue weighted by Crippen LogP contribution is -2.53. The third kappa shape index (κ3) is 2.91. The Morgan fingerprint density at radius 1 is 0.840 bits per heavy atom. The molecule has 0 aromatic carbocycles. The number of hydrogen-bond donors (Lipinski definition) is 0. The zero-order chi connectivity index (χ0) is 16.9. The van der Waals surface area contributed by atoms with Crippen molar-refractivity contribution in [2.75, 3.05) is 0 Å². The highest BCUT2D eigenvalue weighted by atomic mass is 16.0. The summed E-state index contributed by atoms with van der Waals surface area (Å²) in [7, 11) is 0. The predicted octanol–water partition coefficient (Wildman–Crippen LogP) is 6.65. The molecule has 0 saturated heterocycles. The fourth-order valence-corrected chi connectivity index (χ4v) is 8.93. The van der Waals surface area contributed by atoms with Crippen LogP contribution in [0.2, 0.25) is 0 Å². The van der Waals surface area contributed by atoms with Gasteiger partial charge in [0.25, 0.3) is 0 Å². The van der Waals surface area contributed by atoms with Crippen LogP contribution in [-0.4, -0.2) is 5.48 Å². The van der Waals surface area contributed by atoms with Crippen LogP contribution in [0.1, 0.15) is 105 Å². The summed E-state index contributed by atoms with van der Waals surface area (Å²) >= 11 is 0. The average Bonchev–Trinajstić information content (AvgIpc) is 2.92. The van der Waals surface area contributed by atoms with Gasteiger partial charge in [-0.05, 0) is 97.7 Å². The number of hydrogen-bond acceptors (Lipinski definition) is 0. The molecule has 1 nitrogen and oxygen atoms in total. The predicted molar refractivity (Wildman–Crippen MR) is 108 cm³/mol. The highest BCUT2D eigenvalue weighted by Crippen LogP contribution is 2.68. The van der Waals surface area contributed by atoms with Crippen LogP contribution >= 0.6 is 0 Å². The lowest BCUT2D eigenvalue weighted by atomic mass is 9.44. The molecule has 1 unspecified atom stereocenters. The van der Waals surface area contributed by atoms with Gasteiger partial charge in [-0.3, -0.25) is 0 Å². The summed E-state index contributed by atoms with van der Waals surface area (Å²) < 4.78 is 0. The van der Waals surface area contributed by atoms with Crippen LogP contribution < -0.4 is 0 Å². The average molecular weight is 349 g/mol. The van der Waals surface area contributed by atoms with E-state index in [1.165, 1.54) is 25.7 Å². The summed E-state index contributed by atoms with van der Waals surface area (Å²) in [6, 6.07) is 0. The van der Waals surface area contributed by atoms with Crippen molar-refractivity contribution in [3.05, 3.63) is 0 Å². The summed E-state index contributed by atoms with van der Waals surface area (Å²) in [6.45, 7) is 10.4. The SMILES string of the molecule is CCC[C@@H](C)[C@H]1CC[C@H]2[C@@H]3CCC4CCCC[C@]4(C)[C@H]3CC[C@]12C.O. The minimum absolute atomic E-state index is 0. The summed E-state index contributed by atoms with van der Waals surface area (Å²) in [5.41, 5.74) is 1.41. The molecular formula is C24H44O. The second kappa shape index (κ2) is 7.17. The maximum atomic E-state index is 2.73. The van der Waals surface area contributed by atoms with Gasteiger partial charge in [-0.1, -0.05) is 53.4 Å². The third-order valence-electron chi connectivity index (χ3n) is 10.1. The van der Waals surface area contributed by atoms with E-state index in [0.29, 0.717) is 5.41 Å². The van der Waals surface area contributed by atoms with E-state index in [-0.39, 0.29) is 5.48 Å². The fourth-order valence-electron chi connectivity index (χ4n) is 8.93. The molecular weight excluding hydrogens is 304 g/mol. The van der Waals surface area contributed by atoms with Gasteiger partial charge in [-0.25, -0.2) is 0 Å². The van der Waals surface area contributed by atoms with E-state index in [9.17, 15) is 0 Å². The first kappa shape index (κ1) is 19.7. The van der Waals surface area contributed by atoms with Gasteiger partial charge in [0.2, 0.25) is 0 Å². The molecule has 4 rings (SSSR count). The second-order valence-corrected chi connectivity index (χ2v) is 10.9. The Hall–Kier alpha value is -0.0400. The van der Waals surface area contributed by atoms with Gasteiger partial charge >= 0.3 is 0 Å². The fraction of sp³-hybridized carbons (Fsp3) is 1.00. The van der Waals surface area contributed by atoms with Gasteiger partial charge in [-0.15, -0.1) is 0 Å². The molecule has 0 bridgehead atoms. The Bertz CT molecular complexity index is 459. The molecule has 0 amide bonds. The van der Waals surface area contributed by atoms with Crippen LogP contribution in [0.4, 0.5) is 0 Å². The van der Waals surface area contributed by atoms with Crippen molar-refractivity contribution in [2.24, 2.45) is 46.3 Å². The maximum absolute atomic E-state index is 2.73. The third-order valence-corrected chi connectivity index (χ3v) is 10.1. The van der Waals surface area contributed by atoms with Crippen molar-refractivity contribution >= 4 is 0 Å². The Morgan fingerprint density at radius 3 is 2.36 bits per heavy atom. The number of rotatable bonds is 3. The Morgan fingerprint density at radius 2 is 1.60 bits per heavy atom. The van der Waals surface area contributed by atoms with Crippen LogP contribution in [0, 0.1) is 46.3 Å². The van der Waals surface area contributed by atoms with E-state index >= 15 is 0 Å². The zero-order valence-electron chi connectivity index (χ0n) is 17.4. The van der Waals surface area contributed by atoms with Gasteiger partial charge in [0.15, 0.2) is 0 Å². The normalized spacial score (nSPS) is 50.2. The summed E-state index contributed by atoms with van der Waals surface area (Å²) in [4.78, 5) is 0. The van der Waals surface area contributed by atoms with Crippen LogP contribution in [0.25, 0.3) is 0 Å². The van der Waals surface area contributed by atoms with E-state index in [1.54, 1.807) is 51.4 Å². The molecule has 0 heterocycles. The first-order valence-electron chi connectivity index (χ1n) is 11.5. The molecule has 4 fully saturated rings. The molecule has 4 aliphatic carbocycles. The standard InChI is InChI=1S/C24H42.H2O/c1-5-8-17(2)20-12-13-21-19-11-10-18-9-6-7-15-23(18,3)22(19)14-16-24(20,21)4;/h17-22H,5-16H2,1-4H3;1H2/t17-,18?,19+,20-,21+,22+,23+,24-;/m1./s1. The van der Waals surface area contributed by atoms with Crippen LogP contribution in [0.3, 0.4) is 0 Å². The minimum Gasteiger partial charge on any atom is -0.412 e. The van der Waals surface area contributed by atoms with Crippen molar-refractivity contribution < 1.29 is 5.48 Å². The smallest absolute Gasteiger partial charge is 0.0264 e. The molecule has 0 spiro atoms. The molecule has 0 aromatic rings. The minimum atomic E-state index is 0. The molecule has 4 saturated carbocycles. The summed E-state index contributed by atoms with van der Waals surface area (Å²) in [5.74, 6) is 6.30. The van der Waals surface area contributed by atoms with Crippen LogP contribution in [0.15, 0.2) is 0 Å². The lowest BCUT2D eigenvalue weighted by Gasteiger charge is -2.61. The van der Waals surface area contributed by atoms with Gasteiger partial charge in [-0.2, -0.15) is 0 Å². The first-order valence-corrected chi connectivity index (χ1v) is 11.5. The molecule has 25 heavy (non-hydrogen) atoms. The van der Waals surface area contributed by atoms with Gasteiger partial charge in [0, 0.05) is 0 Å². The molecule has 0 aliphatic heterocycles. The Labute approximate surface area is 157 Å². The lowest BCUT2D eigenvalue weighted by molar-refractivity contribution is -0.114.